The molecule has 4 rings (SSSR count). The molecule has 1 N–H and O–H groups in total. The molecule has 0 aliphatic heterocycles. The molecule has 0 radical (unpaired) electrons. The van der Waals surface area contributed by atoms with Gasteiger partial charge >= 0.3 is 0 Å². The van der Waals surface area contributed by atoms with Crippen molar-refractivity contribution in [2.45, 2.75) is 19.6 Å². The maximum atomic E-state index is 12.7. The lowest BCUT2D eigenvalue weighted by molar-refractivity contribution is 0.0940. The number of ether oxygens (including phenoxy) is 1. The molecule has 0 aliphatic rings. The Kier molecular flexibility index (Phi) is 6.38. The number of nitrogens with zero attached hydrogens (tertiary/aromatic N) is 1. The summed E-state index contributed by atoms with van der Waals surface area (Å²) in [5, 5.41) is 3.07. The number of amides is 1. The van der Waals surface area contributed by atoms with Crippen molar-refractivity contribution < 1.29 is 9.53 Å². The highest BCUT2D eigenvalue weighted by atomic mass is 16.5. The molecular weight excluding hydrogens is 384 g/mol. The Balaban J connectivity index is 1.38. The second-order valence-corrected chi connectivity index (χ2v) is 7.36. The Morgan fingerprint density at radius 1 is 0.871 bits per heavy atom. The highest BCUT2D eigenvalue weighted by molar-refractivity contribution is 5.94. The van der Waals surface area contributed by atoms with E-state index in [9.17, 15) is 4.79 Å². The zero-order chi connectivity index (χ0) is 21.5. The molecule has 4 aromatic rings. The van der Waals surface area contributed by atoms with Gasteiger partial charge in [0.25, 0.3) is 5.91 Å². The topological polar surface area (TPSA) is 51.2 Å². The van der Waals surface area contributed by atoms with Gasteiger partial charge in [0.05, 0.1) is 6.04 Å². The third-order valence-electron chi connectivity index (χ3n) is 5.11. The highest BCUT2D eigenvalue weighted by Crippen LogP contribution is 2.22. The Morgan fingerprint density at radius 3 is 2.32 bits per heavy atom. The molecule has 4 nitrogen and oxygen atoms in total. The van der Waals surface area contributed by atoms with Crippen LogP contribution in [0.1, 0.15) is 34.5 Å². The molecule has 0 aliphatic carbocycles. The van der Waals surface area contributed by atoms with E-state index in [1.807, 2.05) is 97.9 Å². The van der Waals surface area contributed by atoms with Crippen LogP contribution in [-0.4, -0.2) is 10.9 Å². The lowest BCUT2D eigenvalue weighted by atomic mass is 10.0. The van der Waals surface area contributed by atoms with Crippen molar-refractivity contribution in [2.24, 2.45) is 0 Å². The molecule has 0 fully saturated rings. The Bertz CT molecular complexity index is 1130. The van der Waals surface area contributed by atoms with Crippen LogP contribution in [0.2, 0.25) is 0 Å². The predicted molar refractivity (Wildman–Crippen MR) is 123 cm³/mol. The lowest BCUT2D eigenvalue weighted by Gasteiger charge is -2.16. The van der Waals surface area contributed by atoms with E-state index in [2.05, 4.69) is 10.3 Å². The summed E-state index contributed by atoms with van der Waals surface area (Å²) >= 11 is 0. The Hall–Kier alpha value is -3.92. The fourth-order valence-corrected chi connectivity index (χ4v) is 3.34. The van der Waals surface area contributed by atoms with E-state index >= 15 is 0 Å². The average Bonchev–Trinajstić information content (AvgIpc) is 2.84. The van der Waals surface area contributed by atoms with E-state index in [-0.39, 0.29) is 11.9 Å². The Labute approximate surface area is 182 Å². The van der Waals surface area contributed by atoms with E-state index in [1.165, 1.54) is 0 Å². The van der Waals surface area contributed by atoms with Crippen LogP contribution < -0.4 is 10.1 Å². The van der Waals surface area contributed by atoms with Crippen molar-refractivity contribution in [3.63, 3.8) is 0 Å². The van der Waals surface area contributed by atoms with Crippen molar-refractivity contribution in [1.82, 2.24) is 10.3 Å². The van der Waals surface area contributed by atoms with Crippen LogP contribution in [0, 0.1) is 0 Å². The molecule has 31 heavy (non-hydrogen) atoms. The summed E-state index contributed by atoms with van der Waals surface area (Å²) in [5.74, 6) is 0.675. The molecule has 0 saturated carbocycles. The molecule has 154 valence electrons. The normalized spacial score (nSPS) is 11.5. The Morgan fingerprint density at radius 2 is 1.58 bits per heavy atom. The maximum absolute atomic E-state index is 12.7. The van der Waals surface area contributed by atoms with Gasteiger partial charge in [-0.1, -0.05) is 54.6 Å². The van der Waals surface area contributed by atoms with Gasteiger partial charge in [-0.15, -0.1) is 0 Å². The summed E-state index contributed by atoms with van der Waals surface area (Å²) in [5.41, 5.74) is 4.86. The van der Waals surface area contributed by atoms with Crippen LogP contribution >= 0.6 is 0 Å². The van der Waals surface area contributed by atoms with Crippen LogP contribution in [0.15, 0.2) is 103 Å². The van der Waals surface area contributed by atoms with E-state index in [1.54, 1.807) is 12.4 Å². The first-order chi connectivity index (χ1) is 15.2. The highest BCUT2D eigenvalue weighted by Gasteiger charge is 2.12. The molecule has 0 bridgehead atoms. The molecule has 0 spiro atoms. The van der Waals surface area contributed by atoms with Gasteiger partial charge in [0.15, 0.2) is 0 Å². The molecule has 1 unspecified atom stereocenters. The number of hydrogen-bond acceptors (Lipinski definition) is 3. The minimum atomic E-state index is -0.146. The van der Waals surface area contributed by atoms with E-state index in [4.69, 9.17) is 4.74 Å². The second-order valence-electron chi connectivity index (χ2n) is 7.36. The van der Waals surface area contributed by atoms with E-state index in [0.717, 1.165) is 28.0 Å². The number of hydrogen-bond donors (Lipinski definition) is 1. The van der Waals surface area contributed by atoms with Gasteiger partial charge in [0.1, 0.15) is 12.4 Å². The average molecular weight is 409 g/mol. The first-order valence-electron chi connectivity index (χ1n) is 10.3. The van der Waals surface area contributed by atoms with Crippen molar-refractivity contribution in [3.8, 4) is 16.9 Å². The summed E-state index contributed by atoms with van der Waals surface area (Å²) in [6, 6.07) is 29.2. The number of carbonyl (C=O) groups excluding carboxylic acids is 1. The van der Waals surface area contributed by atoms with Crippen molar-refractivity contribution in [2.75, 3.05) is 0 Å². The summed E-state index contributed by atoms with van der Waals surface area (Å²) in [4.78, 5) is 16.8. The van der Waals surface area contributed by atoms with Crippen LogP contribution in [0.3, 0.4) is 0 Å². The third-order valence-corrected chi connectivity index (χ3v) is 5.11. The molecular formula is C27H24N2O2. The summed E-state index contributed by atoms with van der Waals surface area (Å²) in [6.45, 7) is 2.48. The number of rotatable bonds is 7. The lowest BCUT2D eigenvalue weighted by Crippen LogP contribution is -2.26. The van der Waals surface area contributed by atoms with Crippen LogP contribution in [0.4, 0.5) is 0 Å². The van der Waals surface area contributed by atoms with Gasteiger partial charge in [-0.3, -0.25) is 9.78 Å². The van der Waals surface area contributed by atoms with E-state index in [0.29, 0.717) is 12.2 Å². The van der Waals surface area contributed by atoms with Gasteiger partial charge in [0.2, 0.25) is 0 Å². The quantitative estimate of drug-likeness (QED) is 0.419. The largest absolute Gasteiger partial charge is 0.489 e. The van der Waals surface area contributed by atoms with Crippen molar-refractivity contribution in [3.05, 3.63) is 120 Å². The van der Waals surface area contributed by atoms with Crippen molar-refractivity contribution in [1.29, 1.82) is 0 Å². The number of carbonyl (C=O) groups is 1. The minimum absolute atomic E-state index is 0.107. The SMILES string of the molecule is CC(NC(=O)c1ccc(-c2ccncc2)cc1)c1cccc(OCc2ccccc2)c1. The second kappa shape index (κ2) is 9.72. The number of nitrogens with one attached hydrogen (secondary N) is 1. The number of benzene rings is 3. The van der Waals surface area contributed by atoms with Gasteiger partial charge < -0.3 is 10.1 Å². The van der Waals surface area contributed by atoms with E-state index < -0.39 is 0 Å². The molecule has 1 amide bonds. The summed E-state index contributed by atoms with van der Waals surface area (Å²) in [7, 11) is 0. The maximum Gasteiger partial charge on any atom is 0.251 e. The van der Waals surface area contributed by atoms with Gasteiger partial charge in [-0.05, 0) is 65.6 Å². The first kappa shape index (κ1) is 20.4. The zero-order valence-electron chi connectivity index (χ0n) is 17.4. The van der Waals surface area contributed by atoms with Gasteiger partial charge in [-0.25, -0.2) is 0 Å². The van der Waals surface area contributed by atoms with Crippen LogP contribution in [0.5, 0.6) is 5.75 Å². The summed E-state index contributed by atoms with van der Waals surface area (Å²) < 4.78 is 5.91. The molecule has 0 saturated heterocycles. The first-order valence-corrected chi connectivity index (χ1v) is 10.3. The third kappa shape index (κ3) is 5.37. The van der Waals surface area contributed by atoms with Gasteiger partial charge in [0, 0.05) is 18.0 Å². The summed E-state index contributed by atoms with van der Waals surface area (Å²) in [6.07, 6.45) is 3.52. The fraction of sp³-hybridized carbons (Fsp3) is 0.111. The van der Waals surface area contributed by atoms with Crippen LogP contribution in [-0.2, 0) is 6.61 Å². The number of aromatic nitrogens is 1. The standard InChI is InChI=1S/C27H24N2O2/c1-20(25-8-5-9-26(18-25)31-19-21-6-3-2-4-7-21)29-27(30)24-12-10-22(11-13-24)23-14-16-28-17-15-23/h2-18,20H,19H2,1H3,(H,29,30). The molecule has 1 heterocycles. The van der Waals surface area contributed by atoms with Crippen molar-refractivity contribution >= 4 is 5.91 Å². The minimum Gasteiger partial charge on any atom is -0.489 e. The molecule has 4 heteroatoms. The fourth-order valence-electron chi connectivity index (χ4n) is 3.34. The predicted octanol–water partition coefficient (Wildman–Crippen LogP) is 5.82. The number of pyridine rings is 1. The smallest absolute Gasteiger partial charge is 0.251 e. The monoisotopic (exact) mass is 408 g/mol. The molecule has 1 atom stereocenters. The molecule has 1 aromatic heterocycles. The zero-order valence-corrected chi connectivity index (χ0v) is 17.4. The molecule has 3 aromatic carbocycles. The van der Waals surface area contributed by atoms with Crippen LogP contribution in [0.25, 0.3) is 11.1 Å². The van der Waals surface area contributed by atoms with Gasteiger partial charge in [-0.2, -0.15) is 0 Å².